The molecule has 30 heavy (non-hydrogen) atoms. The molecule has 0 saturated carbocycles. The Labute approximate surface area is 178 Å². The quantitative estimate of drug-likeness (QED) is 0.627. The molecule has 1 fully saturated rings. The highest BCUT2D eigenvalue weighted by Crippen LogP contribution is 2.37. The number of imide groups is 1. The molecule has 3 amide bonds. The zero-order valence-electron chi connectivity index (χ0n) is 16.7. The van der Waals surface area contributed by atoms with Gasteiger partial charge < -0.3 is 10.3 Å². The Morgan fingerprint density at radius 3 is 2.53 bits per heavy atom. The van der Waals surface area contributed by atoms with E-state index in [-0.39, 0.29) is 17.7 Å². The van der Waals surface area contributed by atoms with Crippen molar-refractivity contribution in [2.24, 2.45) is 5.73 Å². The summed E-state index contributed by atoms with van der Waals surface area (Å²) in [4.78, 5) is 38.6. The number of thioether (sulfide) groups is 1. The monoisotopic (exact) mass is 419 g/mol. The van der Waals surface area contributed by atoms with Crippen molar-refractivity contribution in [3.63, 3.8) is 0 Å². The van der Waals surface area contributed by atoms with Crippen LogP contribution in [0.15, 0.2) is 53.6 Å². The molecule has 6 nitrogen and oxygen atoms in total. The van der Waals surface area contributed by atoms with Crippen LogP contribution in [0.2, 0.25) is 0 Å². The van der Waals surface area contributed by atoms with Crippen LogP contribution in [0.1, 0.15) is 23.6 Å². The first-order valence-electron chi connectivity index (χ1n) is 9.62. The minimum absolute atomic E-state index is 0.0478. The van der Waals surface area contributed by atoms with E-state index in [1.54, 1.807) is 18.2 Å². The van der Waals surface area contributed by atoms with E-state index in [0.29, 0.717) is 10.6 Å². The highest BCUT2D eigenvalue weighted by atomic mass is 32.2. The maximum Gasteiger partial charge on any atom is 0.298 e. The van der Waals surface area contributed by atoms with Crippen LogP contribution in [0.25, 0.3) is 17.0 Å². The second kappa shape index (κ2) is 7.84. The molecule has 152 valence electrons. The number of rotatable bonds is 5. The molecule has 1 aliphatic heterocycles. The number of hydrogen-bond donors (Lipinski definition) is 1. The SMILES string of the molecule is CCc1cccc2c(/C=C3\SC(=O)N(c4ccc(C)cc4)C3=O)cn(CC(N)=O)c12. The van der Waals surface area contributed by atoms with Gasteiger partial charge in [-0.1, -0.05) is 42.8 Å². The Morgan fingerprint density at radius 2 is 1.87 bits per heavy atom. The first kappa shape index (κ1) is 20.0. The van der Waals surface area contributed by atoms with Gasteiger partial charge in [-0.25, -0.2) is 4.90 Å². The minimum Gasteiger partial charge on any atom is -0.368 e. The van der Waals surface area contributed by atoms with Crippen molar-refractivity contribution >= 4 is 51.5 Å². The van der Waals surface area contributed by atoms with Crippen molar-refractivity contribution in [1.82, 2.24) is 4.57 Å². The number of hydrogen-bond acceptors (Lipinski definition) is 4. The van der Waals surface area contributed by atoms with Gasteiger partial charge in [0.1, 0.15) is 6.54 Å². The Hall–Kier alpha value is -3.32. The summed E-state index contributed by atoms with van der Waals surface area (Å²) in [7, 11) is 0. The van der Waals surface area contributed by atoms with Gasteiger partial charge in [-0.2, -0.15) is 0 Å². The van der Waals surface area contributed by atoms with E-state index in [1.807, 2.05) is 54.9 Å². The van der Waals surface area contributed by atoms with Gasteiger partial charge in [0.2, 0.25) is 5.91 Å². The van der Waals surface area contributed by atoms with E-state index in [0.717, 1.165) is 45.8 Å². The zero-order valence-corrected chi connectivity index (χ0v) is 17.5. The number of aryl methyl sites for hydroxylation is 2. The van der Waals surface area contributed by atoms with E-state index in [1.165, 1.54) is 4.90 Å². The van der Waals surface area contributed by atoms with Crippen LogP contribution in [0.3, 0.4) is 0 Å². The molecule has 0 bridgehead atoms. The molecule has 0 unspecified atom stereocenters. The maximum absolute atomic E-state index is 13.0. The lowest BCUT2D eigenvalue weighted by atomic mass is 10.1. The highest BCUT2D eigenvalue weighted by Gasteiger charge is 2.36. The van der Waals surface area contributed by atoms with Gasteiger partial charge >= 0.3 is 0 Å². The number of primary amides is 1. The summed E-state index contributed by atoms with van der Waals surface area (Å²) in [6.07, 6.45) is 4.33. The van der Waals surface area contributed by atoms with E-state index in [4.69, 9.17) is 5.73 Å². The molecule has 4 rings (SSSR count). The topological polar surface area (TPSA) is 85.4 Å². The van der Waals surface area contributed by atoms with E-state index in [9.17, 15) is 14.4 Å². The fourth-order valence-corrected chi connectivity index (χ4v) is 4.52. The molecule has 7 heteroatoms. The molecule has 0 spiro atoms. The molecular formula is C23H21N3O3S. The van der Waals surface area contributed by atoms with Crippen molar-refractivity contribution in [2.45, 2.75) is 26.8 Å². The van der Waals surface area contributed by atoms with Crippen LogP contribution in [0, 0.1) is 6.92 Å². The first-order chi connectivity index (χ1) is 14.4. The number of carbonyl (C=O) groups is 3. The highest BCUT2D eigenvalue weighted by molar-refractivity contribution is 8.19. The van der Waals surface area contributed by atoms with Gasteiger partial charge in [0.05, 0.1) is 16.1 Å². The summed E-state index contributed by atoms with van der Waals surface area (Å²) in [6, 6.07) is 13.2. The molecule has 2 aromatic carbocycles. The molecule has 3 aromatic rings. The number of amides is 3. The number of para-hydroxylation sites is 1. The van der Waals surface area contributed by atoms with Gasteiger partial charge in [0.15, 0.2) is 0 Å². The molecule has 0 aliphatic carbocycles. The van der Waals surface area contributed by atoms with Crippen LogP contribution in [-0.2, 0) is 22.6 Å². The average molecular weight is 420 g/mol. The van der Waals surface area contributed by atoms with Crippen LogP contribution in [0.4, 0.5) is 10.5 Å². The summed E-state index contributed by atoms with van der Waals surface area (Å²) in [5.74, 6) is -0.791. The summed E-state index contributed by atoms with van der Waals surface area (Å²) in [6.45, 7) is 4.04. The molecule has 0 atom stereocenters. The summed E-state index contributed by atoms with van der Waals surface area (Å²) < 4.78 is 1.81. The molecule has 1 aliphatic rings. The lowest BCUT2D eigenvalue weighted by molar-refractivity contribution is -0.118. The number of fused-ring (bicyclic) bond motifs is 1. The van der Waals surface area contributed by atoms with E-state index < -0.39 is 5.91 Å². The molecule has 0 radical (unpaired) electrons. The second-order valence-corrected chi connectivity index (χ2v) is 8.19. The van der Waals surface area contributed by atoms with Crippen LogP contribution >= 0.6 is 11.8 Å². The molecule has 1 aromatic heterocycles. The maximum atomic E-state index is 13.0. The average Bonchev–Trinajstić information content (AvgIpc) is 3.19. The normalized spacial score (nSPS) is 15.5. The third-order valence-electron chi connectivity index (χ3n) is 5.09. The fraction of sp³-hybridized carbons (Fsp3) is 0.174. The Kier molecular flexibility index (Phi) is 5.22. The van der Waals surface area contributed by atoms with Crippen molar-refractivity contribution in [1.29, 1.82) is 0 Å². The van der Waals surface area contributed by atoms with Gasteiger partial charge in [-0.05, 0) is 48.9 Å². The lowest BCUT2D eigenvalue weighted by Crippen LogP contribution is -2.27. The summed E-state index contributed by atoms with van der Waals surface area (Å²) >= 11 is 0.915. The second-order valence-electron chi connectivity index (χ2n) is 7.20. The standard InChI is InChI=1S/C23H21N3O3S/c1-3-15-5-4-6-18-16(12-25(21(15)18)13-20(24)27)11-19-22(28)26(23(29)30-19)17-9-7-14(2)8-10-17/h4-12H,3,13H2,1-2H3,(H2,24,27)/b19-11-. The Morgan fingerprint density at radius 1 is 1.13 bits per heavy atom. The van der Waals surface area contributed by atoms with Crippen molar-refractivity contribution < 1.29 is 14.4 Å². The molecular weight excluding hydrogens is 398 g/mol. The number of anilines is 1. The predicted octanol–water partition coefficient (Wildman–Crippen LogP) is 4.24. The number of aromatic nitrogens is 1. The zero-order chi connectivity index (χ0) is 21.4. The number of benzene rings is 2. The number of carbonyl (C=O) groups excluding carboxylic acids is 3. The van der Waals surface area contributed by atoms with Gasteiger partial charge in [0, 0.05) is 17.1 Å². The van der Waals surface area contributed by atoms with Gasteiger partial charge in [-0.3, -0.25) is 14.4 Å². The smallest absolute Gasteiger partial charge is 0.298 e. The van der Waals surface area contributed by atoms with Gasteiger partial charge in [0.25, 0.3) is 11.1 Å². The third-order valence-corrected chi connectivity index (χ3v) is 5.96. The Balaban J connectivity index is 1.78. The summed E-state index contributed by atoms with van der Waals surface area (Å²) in [5.41, 5.74) is 9.81. The largest absolute Gasteiger partial charge is 0.368 e. The molecule has 2 heterocycles. The Bertz CT molecular complexity index is 1210. The third kappa shape index (κ3) is 3.52. The van der Waals surface area contributed by atoms with Crippen LogP contribution < -0.4 is 10.6 Å². The van der Waals surface area contributed by atoms with E-state index >= 15 is 0 Å². The van der Waals surface area contributed by atoms with Crippen molar-refractivity contribution in [2.75, 3.05) is 4.90 Å². The predicted molar refractivity (Wildman–Crippen MR) is 120 cm³/mol. The van der Waals surface area contributed by atoms with Gasteiger partial charge in [-0.15, -0.1) is 0 Å². The first-order valence-corrected chi connectivity index (χ1v) is 10.4. The van der Waals surface area contributed by atoms with Crippen molar-refractivity contribution in [3.8, 4) is 0 Å². The van der Waals surface area contributed by atoms with Crippen molar-refractivity contribution in [3.05, 3.63) is 70.3 Å². The molecule has 2 N–H and O–H groups in total. The molecule has 1 saturated heterocycles. The lowest BCUT2D eigenvalue weighted by Gasteiger charge is -2.12. The van der Waals surface area contributed by atoms with Crippen LogP contribution in [0.5, 0.6) is 0 Å². The van der Waals surface area contributed by atoms with Crippen LogP contribution in [-0.4, -0.2) is 21.6 Å². The minimum atomic E-state index is -0.441. The number of nitrogens with zero attached hydrogens (tertiary/aromatic N) is 2. The fourth-order valence-electron chi connectivity index (χ4n) is 3.68. The summed E-state index contributed by atoms with van der Waals surface area (Å²) in [5, 5.41) is 0.586. The van der Waals surface area contributed by atoms with E-state index in [2.05, 4.69) is 0 Å². The number of nitrogens with two attached hydrogens (primary N) is 1.